The van der Waals surface area contributed by atoms with Gasteiger partial charge in [0.15, 0.2) is 17.3 Å². The maximum atomic E-state index is 12.9. The van der Waals surface area contributed by atoms with Gasteiger partial charge in [0.05, 0.1) is 11.1 Å². The summed E-state index contributed by atoms with van der Waals surface area (Å²) >= 11 is 0. The van der Waals surface area contributed by atoms with Crippen LogP contribution in [0.4, 0.5) is 19.0 Å². The summed E-state index contributed by atoms with van der Waals surface area (Å²) in [5.41, 5.74) is -0.250. The van der Waals surface area contributed by atoms with Gasteiger partial charge in [0.25, 0.3) is 0 Å². The highest BCUT2D eigenvalue weighted by Crippen LogP contribution is 2.36. The number of nitrogens with one attached hydrogen (secondary N) is 1. The average Bonchev–Trinajstić information content (AvgIpc) is 3.45. The highest BCUT2D eigenvalue weighted by atomic mass is 19.4. The number of hydrogen-bond acceptors (Lipinski definition) is 6. The van der Waals surface area contributed by atoms with Gasteiger partial charge in [-0.25, -0.2) is 4.98 Å². The van der Waals surface area contributed by atoms with Crippen molar-refractivity contribution in [2.24, 2.45) is 0 Å². The smallest absolute Gasteiger partial charge is 0.416 e. The molecule has 3 aromatic rings. The third-order valence-electron chi connectivity index (χ3n) is 5.75. The molecule has 1 saturated heterocycles. The summed E-state index contributed by atoms with van der Waals surface area (Å²) in [6, 6.07) is 3.75. The molecule has 30 heavy (non-hydrogen) atoms. The monoisotopic (exact) mass is 418 g/mol. The number of likely N-dealkylation sites (tertiary alicyclic amines) is 1. The Hall–Kier alpha value is -2.88. The molecule has 0 amide bonds. The Labute approximate surface area is 170 Å². The molecule has 1 aliphatic heterocycles. The van der Waals surface area contributed by atoms with E-state index in [1.807, 2.05) is 0 Å². The van der Waals surface area contributed by atoms with Crippen LogP contribution in [0.3, 0.4) is 0 Å². The normalized spacial score (nSPS) is 20.6. The molecule has 0 bridgehead atoms. The molecule has 10 heteroatoms. The van der Waals surface area contributed by atoms with Crippen molar-refractivity contribution in [2.75, 3.05) is 18.4 Å². The SMILES string of the molecule is Oc1cc(C(F)(F)F)ccc1-c1nnc(N[C@@H]2CCCN(C3CC3)C2)c2nccn12. The van der Waals surface area contributed by atoms with Gasteiger partial charge in [-0.15, -0.1) is 10.2 Å². The van der Waals surface area contributed by atoms with E-state index in [2.05, 4.69) is 25.4 Å². The lowest BCUT2D eigenvalue weighted by molar-refractivity contribution is -0.137. The second-order valence-electron chi connectivity index (χ2n) is 7.93. The minimum Gasteiger partial charge on any atom is -0.507 e. The number of alkyl halides is 3. The highest BCUT2D eigenvalue weighted by molar-refractivity contribution is 5.71. The first-order valence-electron chi connectivity index (χ1n) is 10.0. The summed E-state index contributed by atoms with van der Waals surface area (Å²) in [5.74, 6) is 0.238. The zero-order chi connectivity index (χ0) is 20.9. The van der Waals surface area contributed by atoms with Gasteiger partial charge < -0.3 is 10.4 Å². The van der Waals surface area contributed by atoms with Crippen molar-refractivity contribution in [3.05, 3.63) is 36.2 Å². The van der Waals surface area contributed by atoms with Crippen LogP contribution >= 0.6 is 0 Å². The maximum Gasteiger partial charge on any atom is 0.416 e. The van der Waals surface area contributed by atoms with Crippen molar-refractivity contribution >= 4 is 11.5 Å². The molecule has 158 valence electrons. The number of anilines is 1. The summed E-state index contributed by atoms with van der Waals surface area (Å²) in [7, 11) is 0. The average molecular weight is 418 g/mol. The minimum atomic E-state index is -4.53. The van der Waals surface area contributed by atoms with E-state index in [0.717, 1.165) is 32.0 Å². The van der Waals surface area contributed by atoms with E-state index in [1.165, 1.54) is 18.9 Å². The van der Waals surface area contributed by atoms with E-state index in [9.17, 15) is 18.3 Å². The van der Waals surface area contributed by atoms with Gasteiger partial charge >= 0.3 is 6.18 Å². The summed E-state index contributed by atoms with van der Waals surface area (Å²) < 4.78 is 40.3. The minimum absolute atomic E-state index is 0.155. The molecular weight excluding hydrogens is 397 g/mol. The van der Waals surface area contributed by atoms with E-state index >= 15 is 0 Å². The van der Waals surface area contributed by atoms with Gasteiger partial charge in [-0.1, -0.05) is 0 Å². The Balaban J connectivity index is 1.44. The number of halogens is 3. The number of benzene rings is 1. The number of aromatic hydroxyl groups is 1. The van der Waals surface area contributed by atoms with Crippen molar-refractivity contribution in [2.45, 2.75) is 43.9 Å². The number of rotatable bonds is 4. The Morgan fingerprint density at radius 2 is 1.97 bits per heavy atom. The molecule has 1 saturated carbocycles. The number of aromatic nitrogens is 4. The molecular formula is C20H21F3N6O. The molecule has 0 unspecified atom stereocenters. The van der Waals surface area contributed by atoms with Gasteiger partial charge in [-0.2, -0.15) is 13.2 Å². The van der Waals surface area contributed by atoms with Crippen LogP contribution in [0.1, 0.15) is 31.2 Å². The topological polar surface area (TPSA) is 78.6 Å². The summed E-state index contributed by atoms with van der Waals surface area (Å²) in [5, 5.41) is 22.1. The standard InChI is InChI=1S/C20H21F3N6O/c21-20(22,23)12-3-6-15(16(30)10-12)18-27-26-17(19-24-7-9-29(18)19)25-13-2-1-8-28(11-13)14-4-5-14/h3,6-7,9-10,13-14,30H,1-2,4-5,8,11H2,(H,25,26)/t13-/m1/s1. The van der Waals surface area contributed by atoms with Gasteiger partial charge in [-0.3, -0.25) is 9.30 Å². The third kappa shape index (κ3) is 3.55. The Morgan fingerprint density at radius 1 is 1.13 bits per heavy atom. The zero-order valence-electron chi connectivity index (χ0n) is 16.1. The summed E-state index contributed by atoms with van der Waals surface area (Å²) in [6.45, 7) is 2.07. The molecule has 0 radical (unpaired) electrons. The fraction of sp³-hybridized carbons (Fsp3) is 0.450. The molecule has 1 aromatic carbocycles. The number of piperidine rings is 1. The zero-order valence-corrected chi connectivity index (χ0v) is 16.1. The Kier molecular flexibility index (Phi) is 4.53. The largest absolute Gasteiger partial charge is 0.507 e. The van der Waals surface area contributed by atoms with Crippen molar-refractivity contribution in [1.29, 1.82) is 0 Å². The van der Waals surface area contributed by atoms with Gasteiger partial charge in [0.1, 0.15) is 5.75 Å². The van der Waals surface area contributed by atoms with Crippen LogP contribution in [0, 0.1) is 0 Å². The van der Waals surface area contributed by atoms with Gasteiger partial charge in [-0.05, 0) is 50.4 Å². The maximum absolute atomic E-state index is 12.9. The first-order chi connectivity index (χ1) is 14.4. The molecule has 2 aromatic heterocycles. The second kappa shape index (κ2) is 7.12. The second-order valence-corrected chi connectivity index (χ2v) is 7.93. The summed E-state index contributed by atoms with van der Waals surface area (Å²) in [4.78, 5) is 6.85. The lowest BCUT2D eigenvalue weighted by Crippen LogP contribution is -2.43. The summed E-state index contributed by atoms with van der Waals surface area (Å²) in [6.07, 6.45) is 3.37. The molecule has 2 aliphatic rings. The number of fused-ring (bicyclic) bond motifs is 1. The van der Waals surface area contributed by atoms with Crippen molar-refractivity contribution in [3.63, 3.8) is 0 Å². The van der Waals surface area contributed by atoms with E-state index in [0.29, 0.717) is 23.6 Å². The van der Waals surface area contributed by atoms with Crippen LogP contribution in [-0.4, -0.2) is 54.8 Å². The van der Waals surface area contributed by atoms with E-state index in [1.54, 1.807) is 16.8 Å². The lowest BCUT2D eigenvalue weighted by Gasteiger charge is -2.33. The molecule has 5 rings (SSSR count). The lowest BCUT2D eigenvalue weighted by atomic mass is 10.1. The van der Waals surface area contributed by atoms with Crippen molar-refractivity contribution in [1.82, 2.24) is 24.5 Å². The first-order valence-corrected chi connectivity index (χ1v) is 10.0. The number of phenolic OH excluding ortho intramolecular Hbond substituents is 1. The molecule has 1 aliphatic carbocycles. The molecule has 7 nitrogen and oxygen atoms in total. The van der Waals surface area contributed by atoms with E-state index in [4.69, 9.17) is 0 Å². The van der Waals surface area contributed by atoms with Gasteiger partial charge in [0.2, 0.25) is 0 Å². The highest BCUT2D eigenvalue weighted by Gasteiger charge is 2.33. The van der Waals surface area contributed by atoms with Crippen LogP contribution in [0.15, 0.2) is 30.6 Å². The molecule has 2 N–H and O–H groups in total. The number of imidazole rings is 1. The van der Waals surface area contributed by atoms with Crippen LogP contribution < -0.4 is 5.32 Å². The van der Waals surface area contributed by atoms with Crippen molar-refractivity contribution in [3.8, 4) is 17.1 Å². The first kappa shape index (κ1) is 19.1. The molecule has 3 heterocycles. The molecule has 1 atom stereocenters. The van der Waals surface area contributed by atoms with E-state index < -0.39 is 17.5 Å². The van der Waals surface area contributed by atoms with Crippen molar-refractivity contribution < 1.29 is 18.3 Å². The fourth-order valence-electron chi connectivity index (χ4n) is 4.10. The molecule has 0 spiro atoms. The number of hydrogen-bond donors (Lipinski definition) is 2. The van der Waals surface area contributed by atoms with E-state index in [-0.39, 0.29) is 17.4 Å². The third-order valence-corrected chi connectivity index (χ3v) is 5.75. The van der Waals surface area contributed by atoms with Crippen LogP contribution in [0.25, 0.3) is 17.0 Å². The Bertz CT molecular complexity index is 1080. The van der Waals surface area contributed by atoms with Crippen LogP contribution in [0.2, 0.25) is 0 Å². The predicted molar refractivity (Wildman–Crippen MR) is 104 cm³/mol. The Morgan fingerprint density at radius 3 is 2.70 bits per heavy atom. The van der Waals surface area contributed by atoms with Crippen LogP contribution in [0.5, 0.6) is 5.75 Å². The number of phenols is 1. The number of nitrogens with zero attached hydrogens (tertiary/aromatic N) is 5. The molecule has 2 fully saturated rings. The van der Waals surface area contributed by atoms with Crippen LogP contribution in [-0.2, 0) is 6.18 Å². The predicted octanol–water partition coefficient (Wildman–Crippen LogP) is 3.55. The quantitative estimate of drug-likeness (QED) is 0.675. The fourth-order valence-corrected chi connectivity index (χ4v) is 4.10. The van der Waals surface area contributed by atoms with Gasteiger partial charge in [0, 0.05) is 31.0 Å².